The van der Waals surface area contributed by atoms with E-state index in [1.807, 2.05) is 0 Å². The van der Waals surface area contributed by atoms with E-state index in [-0.39, 0.29) is 10.3 Å². The van der Waals surface area contributed by atoms with E-state index in [1.54, 1.807) is 0 Å². The zero-order valence-electron chi connectivity index (χ0n) is 8.06. The second kappa shape index (κ2) is 3.89. The van der Waals surface area contributed by atoms with Crippen LogP contribution in [0, 0.1) is 5.82 Å². The number of aromatic nitrogens is 1. The fourth-order valence-corrected chi connectivity index (χ4v) is 2.58. The molecule has 0 aromatic carbocycles. The number of hydrogen-bond acceptors (Lipinski definition) is 2. The molecule has 1 aromatic rings. The van der Waals surface area contributed by atoms with E-state index < -0.39 is 11.4 Å². The Kier molecular flexibility index (Phi) is 2.88. The van der Waals surface area contributed by atoms with Crippen LogP contribution in [-0.4, -0.2) is 4.98 Å². The minimum absolute atomic E-state index is 0.203. The topological polar surface area (TPSA) is 38.9 Å². The molecule has 1 aliphatic carbocycles. The molecular formula is C10H11Cl2FN2. The summed E-state index contributed by atoms with van der Waals surface area (Å²) in [6.07, 6.45) is 3.71. The van der Waals surface area contributed by atoms with Gasteiger partial charge in [0, 0.05) is 11.1 Å². The van der Waals surface area contributed by atoms with E-state index in [1.165, 1.54) is 6.07 Å². The standard InChI is InChI=1S/C10H11Cl2FN2/c11-8-6(5-7(13)9(12)15-8)10(14)3-1-2-4-10/h5H,1-4,14H2. The minimum Gasteiger partial charge on any atom is -0.321 e. The molecule has 0 aliphatic heterocycles. The Morgan fingerprint density at radius 2 is 1.87 bits per heavy atom. The largest absolute Gasteiger partial charge is 0.321 e. The molecule has 2 rings (SSSR count). The van der Waals surface area contributed by atoms with Crippen molar-refractivity contribution in [2.24, 2.45) is 5.73 Å². The van der Waals surface area contributed by atoms with Gasteiger partial charge in [-0.2, -0.15) is 0 Å². The Balaban J connectivity index is 2.48. The normalized spacial score (nSPS) is 19.5. The van der Waals surface area contributed by atoms with Gasteiger partial charge in [0.15, 0.2) is 11.0 Å². The summed E-state index contributed by atoms with van der Waals surface area (Å²) in [5.41, 5.74) is 6.21. The molecule has 0 atom stereocenters. The first-order chi connectivity index (χ1) is 7.03. The summed E-state index contributed by atoms with van der Waals surface area (Å²) in [6.45, 7) is 0. The monoisotopic (exact) mass is 248 g/mol. The molecule has 0 spiro atoms. The molecule has 0 bridgehead atoms. The molecule has 0 saturated heterocycles. The lowest BCUT2D eigenvalue weighted by Crippen LogP contribution is -2.33. The van der Waals surface area contributed by atoms with Crippen LogP contribution in [0.5, 0.6) is 0 Å². The van der Waals surface area contributed by atoms with Crippen molar-refractivity contribution in [3.63, 3.8) is 0 Å². The maximum absolute atomic E-state index is 13.3. The fraction of sp³-hybridized carbons (Fsp3) is 0.500. The molecule has 15 heavy (non-hydrogen) atoms. The van der Waals surface area contributed by atoms with Crippen molar-refractivity contribution in [3.05, 3.63) is 27.8 Å². The van der Waals surface area contributed by atoms with Crippen molar-refractivity contribution < 1.29 is 4.39 Å². The zero-order chi connectivity index (χ0) is 11.1. The molecule has 1 aliphatic rings. The molecule has 0 unspecified atom stereocenters. The molecule has 1 saturated carbocycles. The molecule has 82 valence electrons. The van der Waals surface area contributed by atoms with Crippen LogP contribution in [0.4, 0.5) is 4.39 Å². The predicted octanol–water partition coefficient (Wildman–Crippen LogP) is 3.26. The average Bonchev–Trinajstić information content (AvgIpc) is 2.60. The zero-order valence-corrected chi connectivity index (χ0v) is 9.58. The first kappa shape index (κ1) is 11.1. The lowest BCUT2D eigenvalue weighted by Gasteiger charge is -2.24. The van der Waals surface area contributed by atoms with Gasteiger partial charge in [-0.25, -0.2) is 9.37 Å². The van der Waals surface area contributed by atoms with Crippen LogP contribution in [0.25, 0.3) is 0 Å². The van der Waals surface area contributed by atoms with Crippen LogP contribution in [0.15, 0.2) is 6.07 Å². The van der Waals surface area contributed by atoms with Crippen LogP contribution in [0.2, 0.25) is 10.3 Å². The van der Waals surface area contributed by atoms with Crippen molar-refractivity contribution in [1.82, 2.24) is 4.98 Å². The van der Waals surface area contributed by atoms with Gasteiger partial charge < -0.3 is 5.73 Å². The van der Waals surface area contributed by atoms with Gasteiger partial charge in [0.05, 0.1) is 0 Å². The van der Waals surface area contributed by atoms with E-state index in [0.29, 0.717) is 5.56 Å². The maximum atomic E-state index is 13.3. The van der Waals surface area contributed by atoms with Gasteiger partial charge in [-0.1, -0.05) is 36.0 Å². The van der Waals surface area contributed by atoms with Crippen molar-refractivity contribution in [1.29, 1.82) is 0 Å². The second-order valence-electron chi connectivity index (χ2n) is 3.96. The van der Waals surface area contributed by atoms with E-state index in [4.69, 9.17) is 28.9 Å². The third-order valence-corrected chi connectivity index (χ3v) is 3.47. The molecule has 2 N–H and O–H groups in total. The van der Waals surface area contributed by atoms with Gasteiger partial charge in [0.2, 0.25) is 0 Å². The van der Waals surface area contributed by atoms with Crippen molar-refractivity contribution in [3.8, 4) is 0 Å². The quantitative estimate of drug-likeness (QED) is 0.776. The highest BCUT2D eigenvalue weighted by molar-refractivity contribution is 6.33. The first-order valence-corrected chi connectivity index (χ1v) is 5.59. The highest BCUT2D eigenvalue weighted by atomic mass is 35.5. The number of hydrogen-bond donors (Lipinski definition) is 1. The SMILES string of the molecule is NC1(c2cc(F)c(Cl)nc2Cl)CCCC1. The summed E-state index contributed by atoms with van der Waals surface area (Å²) in [6, 6.07) is 1.31. The molecule has 0 amide bonds. The maximum Gasteiger partial charge on any atom is 0.166 e. The summed E-state index contributed by atoms with van der Waals surface area (Å²) in [7, 11) is 0. The summed E-state index contributed by atoms with van der Waals surface area (Å²) in [4.78, 5) is 3.74. The summed E-state index contributed by atoms with van der Waals surface area (Å²) >= 11 is 11.5. The molecule has 1 aromatic heterocycles. The van der Waals surface area contributed by atoms with Gasteiger partial charge in [-0.15, -0.1) is 0 Å². The molecule has 5 heteroatoms. The van der Waals surface area contributed by atoms with Crippen LogP contribution in [-0.2, 0) is 5.54 Å². The number of nitrogens with two attached hydrogens (primary N) is 1. The van der Waals surface area contributed by atoms with Crippen molar-refractivity contribution in [2.75, 3.05) is 0 Å². The highest BCUT2D eigenvalue weighted by Gasteiger charge is 2.34. The Bertz CT molecular complexity index is 389. The number of pyridine rings is 1. The lowest BCUT2D eigenvalue weighted by molar-refractivity contribution is 0.456. The second-order valence-corrected chi connectivity index (χ2v) is 4.68. The van der Waals surface area contributed by atoms with Gasteiger partial charge in [0.25, 0.3) is 0 Å². The molecule has 0 radical (unpaired) electrons. The summed E-state index contributed by atoms with van der Waals surface area (Å²) in [5.74, 6) is -0.562. The van der Waals surface area contributed by atoms with E-state index in [0.717, 1.165) is 25.7 Å². The number of halogens is 3. The molecular weight excluding hydrogens is 238 g/mol. The average molecular weight is 249 g/mol. The summed E-state index contributed by atoms with van der Waals surface area (Å²) < 4.78 is 13.3. The lowest BCUT2D eigenvalue weighted by atomic mass is 9.91. The van der Waals surface area contributed by atoms with Gasteiger partial charge in [0.1, 0.15) is 5.15 Å². The van der Waals surface area contributed by atoms with Gasteiger partial charge >= 0.3 is 0 Å². The van der Waals surface area contributed by atoms with Gasteiger partial charge in [-0.05, 0) is 18.9 Å². The van der Waals surface area contributed by atoms with Crippen LogP contribution in [0.1, 0.15) is 31.2 Å². The smallest absolute Gasteiger partial charge is 0.166 e. The Hall–Kier alpha value is -0.380. The highest BCUT2D eigenvalue weighted by Crippen LogP contribution is 2.39. The third-order valence-electron chi connectivity index (χ3n) is 2.92. The Labute approximate surface area is 97.6 Å². The molecule has 2 nitrogen and oxygen atoms in total. The minimum atomic E-state index is -0.562. The first-order valence-electron chi connectivity index (χ1n) is 4.84. The summed E-state index contributed by atoms with van der Waals surface area (Å²) in [5, 5.41) is 0.0103. The molecule has 1 fully saturated rings. The Morgan fingerprint density at radius 1 is 1.27 bits per heavy atom. The van der Waals surface area contributed by atoms with Crippen LogP contribution < -0.4 is 5.73 Å². The molecule has 1 heterocycles. The predicted molar refractivity (Wildman–Crippen MR) is 58.5 cm³/mol. The van der Waals surface area contributed by atoms with E-state index in [2.05, 4.69) is 4.98 Å². The number of rotatable bonds is 1. The van der Waals surface area contributed by atoms with Crippen molar-refractivity contribution >= 4 is 23.2 Å². The van der Waals surface area contributed by atoms with Crippen LogP contribution in [0.3, 0.4) is 0 Å². The fourth-order valence-electron chi connectivity index (χ4n) is 2.07. The van der Waals surface area contributed by atoms with Crippen LogP contribution >= 0.6 is 23.2 Å². The number of nitrogens with zero attached hydrogens (tertiary/aromatic N) is 1. The van der Waals surface area contributed by atoms with E-state index >= 15 is 0 Å². The third kappa shape index (κ3) is 1.96. The van der Waals surface area contributed by atoms with E-state index in [9.17, 15) is 4.39 Å². The van der Waals surface area contributed by atoms with Crippen molar-refractivity contribution in [2.45, 2.75) is 31.2 Å². The Morgan fingerprint density at radius 3 is 2.47 bits per heavy atom. The van der Waals surface area contributed by atoms with Gasteiger partial charge in [-0.3, -0.25) is 0 Å².